The first-order valence-corrected chi connectivity index (χ1v) is 10.1. The maximum absolute atomic E-state index is 14.8. The lowest BCUT2D eigenvalue weighted by atomic mass is 9.69. The van der Waals surface area contributed by atoms with Gasteiger partial charge in [-0.2, -0.15) is 5.26 Å². The zero-order valence-electron chi connectivity index (χ0n) is 17.7. The van der Waals surface area contributed by atoms with Crippen molar-refractivity contribution in [2.45, 2.75) is 32.6 Å². The molecule has 1 aromatic carbocycles. The standard InChI is InChI=1S/C24H22FN5O2/c1-24(2)11-18-21(19(31)12-24)20(15-5-3-4-6-17(15)25)16(13-26)22(27)30(18)29-23(32)14-7-9-28-10-8-14/h3-10,20H,11-12,27H2,1-2H3,(H,29,32). The van der Waals surface area contributed by atoms with Gasteiger partial charge in [0, 0.05) is 35.5 Å². The number of allylic oxidation sites excluding steroid dienone is 3. The molecule has 0 saturated carbocycles. The first-order valence-electron chi connectivity index (χ1n) is 10.1. The van der Waals surface area contributed by atoms with Gasteiger partial charge in [-0.15, -0.1) is 0 Å². The number of amides is 1. The van der Waals surface area contributed by atoms with Crippen molar-refractivity contribution in [3.63, 3.8) is 0 Å². The van der Waals surface area contributed by atoms with Gasteiger partial charge in [-0.1, -0.05) is 32.0 Å². The van der Waals surface area contributed by atoms with Gasteiger partial charge in [0.25, 0.3) is 5.91 Å². The molecule has 162 valence electrons. The quantitative estimate of drug-likeness (QED) is 0.771. The van der Waals surface area contributed by atoms with Crippen LogP contribution >= 0.6 is 0 Å². The maximum atomic E-state index is 14.8. The van der Waals surface area contributed by atoms with Gasteiger partial charge in [0.15, 0.2) is 5.78 Å². The lowest BCUT2D eigenvalue weighted by Gasteiger charge is -2.43. The van der Waals surface area contributed by atoms with Crippen LogP contribution in [-0.4, -0.2) is 21.7 Å². The van der Waals surface area contributed by atoms with Crippen molar-refractivity contribution in [3.8, 4) is 6.07 Å². The number of pyridine rings is 1. The third kappa shape index (κ3) is 3.62. The van der Waals surface area contributed by atoms with Gasteiger partial charge in [-0.25, -0.2) is 9.40 Å². The van der Waals surface area contributed by atoms with E-state index in [2.05, 4.69) is 10.4 Å². The molecule has 0 saturated heterocycles. The zero-order valence-corrected chi connectivity index (χ0v) is 17.7. The Kier molecular flexibility index (Phi) is 5.26. The van der Waals surface area contributed by atoms with Gasteiger partial charge in [-0.05, 0) is 30.0 Å². The number of Topliss-reactive ketones (excluding diaryl/α,β-unsaturated/α-hetero) is 1. The lowest BCUT2D eigenvalue weighted by Crippen LogP contribution is -2.50. The fourth-order valence-electron chi connectivity index (χ4n) is 4.33. The van der Waals surface area contributed by atoms with E-state index in [1.165, 1.54) is 35.6 Å². The van der Waals surface area contributed by atoms with E-state index in [9.17, 15) is 19.2 Å². The second-order valence-corrected chi connectivity index (χ2v) is 8.68. The molecule has 2 aliphatic rings. The molecule has 0 fully saturated rings. The van der Waals surface area contributed by atoms with Crippen LogP contribution in [0.4, 0.5) is 4.39 Å². The lowest BCUT2D eigenvalue weighted by molar-refractivity contribution is -0.118. The summed E-state index contributed by atoms with van der Waals surface area (Å²) in [5.41, 5.74) is 10.00. The van der Waals surface area contributed by atoms with Crippen LogP contribution in [0, 0.1) is 22.6 Å². The van der Waals surface area contributed by atoms with E-state index in [0.717, 1.165) is 0 Å². The van der Waals surface area contributed by atoms with E-state index in [4.69, 9.17) is 5.73 Å². The monoisotopic (exact) mass is 431 g/mol. The molecular weight excluding hydrogens is 409 g/mol. The number of nitrogens with zero attached hydrogens (tertiary/aromatic N) is 3. The van der Waals surface area contributed by atoms with Gasteiger partial charge in [0.05, 0.1) is 23.3 Å². The topological polar surface area (TPSA) is 112 Å². The molecule has 1 amide bonds. The number of hydrogen-bond acceptors (Lipinski definition) is 6. The molecule has 32 heavy (non-hydrogen) atoms. The second kappa shape index (κ2) is 7.93. The molecule has 2 heterocycles. The number of nitriles is 1. The summed E-state index contributed by atoms with van der Waals surface area (Å²) in [5.74, 6) is -2.18. The molecule has 1 unspecified atom stereocenters. The summed E-state index contributed by atoms with van der Waals surface area (Å²) in [4.78, 5) is 30.1. The molecule has 3 N–H and O–H groups in total. The summed E-state index contributed by atoms with van der Waals surface area (Å²) in [5, 5.41) is 11.3. The van der Waals surface area contributed by atoms with Crippen LogP contribution in [0.25, 0.3) is 0 Å². The molecule has 0 bridgehead atoms. The first-order chi connectivity index (χ1) is 15.2. The summed E-state index contributed by atoms with van der Waals surface area (Å²) in [6.45, 7) is 3.88. The fraction of sp³-hybridized carbons (Fsp3) is 0.250. The van der Waals surface area contributed by atoms with Crippen molar-refractivity contribution in [3.05, 3.63) is 88.4 Å². The SMILES string of the molecule is CC1(C)CC(=O)C2=C(C1)N(NC(=O)c1ccncc1)C(N)=C(C#N)C2c1ccccc1F. The minimum atomic E-state index is -0.936. The summed E-state index contributed by atoms with van der Waals surface area (Å²) >= 11 is 0. The van der Waals surface area contributed by atoms with E-state index in [0.29, 0.717) is 17.7 Å². The van der Waals surface area contributed by atoms with E-state index in [1.807, 2.05) is 19.9 Å². The highest BCUT2D eigenvalue weighted by molar-refractivity contribution is 6.00. The van der Waals surface area contributed by atoms with Gasteiger partial charge in [0.1, 0.15) is 11.6 Å². The van der Waals surface area contributed by atoms with Crippen LogP contribution in [0.15, 0.2) is 71.5 Å². The molecule has 1 atom stereocenters. The summed E-state index contributed by atoms with van der Waals surface area (Å²) < 4.78 is 14.8. The smallest absolute Gasteiger partial charge is 0.270 e. The summed E-state index contributed by atoms with van der Waals surface area (Å²) in [7, 11) is 0. The molecule has 0 radical (unpaired) electrons. The molecule has 1 aliphatic heterocycles. The third-order valence-corrected chi connectivity index (χ3v) is 5.75. The number of nitrogens with one attached hydrogen (secondary N) is 1. The van der Waals surface area contributed by atoms with E-state index < -0.39 is 23.1 Å². The minimum Gasteiger partial charge on any atom is -0.383 e. The van der Waals surface area contributed by atoms with Crippen molar-refractivity contribution < 1.29 is 14.0 Å². The summed E-state index contributed by atoms with van der Waals surface area (Å²) in [6, 6.07) is 11.2. The number of aromatic nitrogens is 1. The number of hydrazine groups is 1. The van der Waals surface area contributed by atoms with Crippen molar-refractivity contribution >= 4 is 11.7 Å². The second-order valence-electron chi connectivity index (χ2n) is 8.68. The predicted octanol–water partition coefficient (Wildman–Crippen LogP) is 3.30. The minimum absolute atomic E-state index is 0.0111. The van der Waals surface area contributed by atoms with E-state index >= 15 is 0 Å². The number of nitrogens with two attached hydrogens (primary N) is 1. The highest BCUT2D eigenvalue weighted by Crippen LogP contribution is 2.48. The Morgan fingerprint density at radius 3 is 2.59 bits per heavy atom. The largest absolute Gasteiger partial charge is 0.383 e. The van der Waals surface area contributed by atoms with Gasteiger partial charge in [0.2, 0.25) is 0 Å². The number of halogens is 1. The Labute approximate surface area is 185 Å². The Hall–Kier alpha value is -3.99. The molecule has 4 rings (SSSR count). The predicted molar refractivity (Wildman–Crippen MR) is 115 cm³/mol. The average Bonchev–Trinajstić information content (AvgIpc) is 2.75. The van der Waals surface area contributed by atoms with Crippen LogP contribution in [0.5, 0.6) is 0 Å². The highest BCUT2D eigenvalue weighted by atomic mass is 19.1. The molecule has 1 aromatic heterocycles. The zero-order chi connectivity index (χ0) is 23.0. The molecular formula is C24H22FN5O2. The highest BCUT2D eigenvalue weighted by Gasteiger charge is 2.45. The number of hydrogen-bond donors (Lipinski definition) is 2. The summed E-state index contributed by atoms with van der Waals surface area (Å²) in [6.07, 6.45) is 3.62. The maximum Gasteiger partial charge on any atom is 0.270 e. The average molecular weight is 431 g/mol. The molecule has 8 heteroatoms. The Morgan fingerprint density at radius 2 is 1.94 bits per heavy atom. The molecule has 1 aliphatic carbocycles. The Balaban J connectivity index is 1.89. The van der Waals surface area contributed by atoms with Crippen LogP contribution in [0.3, 0.4) is 0 Å². The van der Waals surface area contributed by atoms with Crippen LogP contribution in [0.1, 0.15) is 48.5 Å². The number of carbonyl (C=O) groups excluding carboxylic acids is 2. The van der Waals surface area contributed by atoms with Crippen LogP contribution < -0.4 is 11.2 Å². The van der Waals surface area contributed by atoms with Gasteiger partial charge >= 0.3 is 0 Å². The van der Waals surface area contributed by atoms with Crippen molar-refractivity contribution in [2.75, 3.05) is 0 Å². The number of rotatable bonds is 3. The first kappa shape index (κ1) is 21.2. The number of ketones is 1. The van der Waals surface area contributed by atoms with Crippen LogP contribution in [0.2, 0.25) is 0 Å². The molecule has 2 aromatic rings. The van der Waals surface area contributed by atoms with Gasteiger partial charge in [-0.3, -0.25) is 20.0 Å². The number of carbonyl (C=O) groups is 2. The van der Waals surface area contributed by atoms with Crippen molar-refractivity contribution in [1.29, 1.82) is 5.26 Å². The third-order valence-electron chi connectivity index (χ3n) is 5.75. The van der Waals surface area contributed by atoms with E-state index in [-0.39, 0.29) is 34.7 Å². The van der Waals surface area contributed by atoms with Gasteiger partial charge < -0.3 is 5.73 Å². The molecule has 0 spiro atoms. The molecule has 7 nitrogen and oxygen atoms in total. The fourth-order valence-corrected chi connectivity index (χ4v) is 4.33. The Bertz CT molecular complexity index is 1210. The number of benzene rings is 1. The normalized spacial score (nSPS) is 20.0. The van der Waals surface area contributed by atoms with E-state index in [1.54, 1.807) is 18.2 Å². The van der Waals surface area contributed by atoms with Crippen LogP contribution in [-0.2, 0) is 4.79 Å². The van der Waals surface area contributed by atoms with Crippen molar-refractivity contribution in [1.82, 2.24) is 15.4 Å². The Morgan fingerprint density at radius 1 is 1.25 bits per heavy atom. The van der Waals surface area contributed by atoms with Crippen molar-refractivity contribution in [2.24, 2.45) is 11.1 Å².